The quantitative estimate of drug-likeness (QED) is 0.710. The lowest BCUT2D eigenvalue weighted by atomic mass is 9.82. The van der Waals surface area contributed by atoms with Gasteiger partial charge in [-0.1, -0.05) is 48.5 Å². The first-order valence-electron chi connectivity index (χ1n) is 9.89. The van der Waals surface area contributed by atoms with E-state index < -0.39 is 6.04 Å². The number of urea groups is 1. The highest BCUT2D eigenvalue weighted by atomic mass is 16.2. The van der Waals surface area contributed by atoms with Crippen molar-refractivity contribution in [3.8, 4) is 0 Å². The highest BCUT2D eigenvalue weighted by molar-refractivity contribution is 6.21. The van der Waals surface area contributed by atoms with Gasteiger partial charge in [0.2, 0.25) is 0 Å². The number of amides is 3. The van der Waals surface area contributed by atoms with Crippen molar-refractivity contribution in [2.45, 2.75) is 31.3 Å². The summed E-state index contributed by atoms with van der Waals surface area (Å²) in [5.41, 5.74) is 3.02. The molecule has 0 radical (unpaired) electrons. The van der Waals surface area contributed by atoms with Crippen molar-refractivity contribution in [2.24, 2.45) is 0 Å². The van der Waals surface area contributed by atoms with Crippen molar-refractivity contribution >= 4 is 28.4 Å². The summed E-state index contributed by atoms with van der Waals surface area (Å²) in [6, 6.07) is 14.9. The zero-order chi connectivity index (χ0) is 20.0. The number of hydrogen-bond acceptors (Lipinski definition) is 4. The first-order valence-corrected chi connectivity index (χ1v) is 9.89. The summed E-state index contributed by atoms with van der Waals surface area (Å²) in [4.78, 5) is 31.7. The zero-order valence-electron chi connectivity index (χ0n) is 16.1. The summed E-state index contributed by atoms with van der Waals surface area (Å²) in [7, 11) is 0. The van der Waals surface area contributed by atoms with Crippen LogP contribution in [0.3, 0.4) is 0 Å². The monoisotopic (exact) mass is 386 g/mol. The molecule has 2 N–H and O–H groups in total. The molecule has 29 heavy (non-hydrogen) atoms. The molecule has 2 saturated heterocycles. The molecule has 0 saturated carbocycles. The molecule has 3 heterocycles. The van der Waals surface area contributed by atoms with Crippen molar-refractivity contribution in [3.05, 3.63) is 72.1 Å². The number of nitrogens with zero attached hydrogens (tertiary/aromatic N) is 2. The van der Waals surface area contributed by atoms with Crippen molar-refractivity contribution in [1.82, 2.24) is 15.6 Å². The summed E-state index contributed by atoms with van der Waals surface area (Å²) in [5, 5.41) is 8.17. The second-order valence-electron chi connectivity index (χ2n) is 7.78. The molecule has 6 heteroatoms. The molecule has 2 aliphatic rings. The molecule has 2 aliphatic heterocycles. The van der Waals surface area contributed by atoms with Gasteiger partial charge in [0.15, 0.2) is 0 Å². The van der Waals surface area contributed by atoms with Gasteiger partial charge in [-0.25, -0.2) is 9.69 Å². The average molecular weight is 386 g/mol. The zero-order valence-corrected chi connectivity index (χ0v) is 16.1. The molecule has 0 bridgehead atoms. The lowest BCUT2D eigenvalue weighted by molar-refractivity contribution is -0.121. The lowest BCUT2D eigenvalue weighted by Crippen LogP contribution is -2.69. The molecule has 2 aromatic carbocycles. The van der Waals surface area contributed by atoms with Crippen LogP contribution in [0.2, 0.25) is 0 Å². The number of fused-ring (bicyclic) bond motifs is 2. The minimum atomic E-state index is -0.438. The van der Waals surface area contributed by atoms with Gasteiger partial charge in [0.25, 0.3) is 5.91 Å². The van der Waals surface area contributed by atoms with Crippen molar-refractivity contribution < 1.29 is 9.59 Å². The number of aromatic nitrogens is 1. The fourth-order valence-electron chi connectivity index (χ4n) is 4.59. The first kappa shape index (κ1) is 17.8. The van der Waals surface area contributed by atoms with Crippen LogP contribution in [0.4, 0.5) is 10.5 Å². The average Bonchev–Trinajstić information content (AvgIpc) is 2.74. The Kier molecular flexibility index (Phi) is 4.28. The van der Waals surface area contributed by atoms with E-state index in [1.807, 2.05) is 36.4 Å². The van der Waals surface area contributed by atoms with Gasteiger partial charge in [-0.2, -0.15) is 0 Å². The summed E-state index contributed by atoms with van der Waals surface area (Å²) in [6.45, 7) is 2.80. The second kappa shape index (κ2) is 6.97. The molecule has 3 aromatic rings. The van der Waals surface area contributed by atoms with Crippen molar-refractivity contribution in [3.63, 3.8) is 0 Å². The number of aryl methyl sites for hydroxylation is 1. The highest BCUT2D eigenvalue weighted by Crippen LogP contribution is 2.33. The maximum absolute atomic E-state index is 13.3. The van der Waals surface area contributed by atoms with Gasteiger partial charge in [-0.3, -0.25) is 9.78 Å². The van der Waals surface area contributed by atoms with Gasteiger partial charge in [0.1, 0.15) is 6.04 Å². The first-order chi connectivity index (χ1) is 14.1. The Morgan fingerprint density at radius 1 is 1.03 bits per heavy atom. The number of anilines is 1. The molecule has 1 aromatic heterocycles. The fourth-order valence-corrected chi connectivity index (χ4v) is 4.59. The Balaban J connectivity index is 1.45. The van der Waals surface area contributed by atoms with Crippen LogP contribution in [0.15, 0.2) is 60.9 Å². The molecule has 2 fully saturated rings. The van der Waals surface area contributed by atoms with Crippen LogP contribution < -0.4 is 15.5 Å². The number of carbonyl (C=O) groups is 2. The van der Waals surface area contributed by atoms with E-state index in [-0.39, 0.29) is 23.9 Å². The predicted octanol–water partition coefficient (Wildman–Crippen LogP) is 3.11. The number of nitrogens with one attached hydrogen (secondary N) is 2. The lowest BCUT2D eigenvalue weighted by Gasteiger charge is -2.43. The van der Waals surface area contributed by atoms with E-state index in [4.69, 9.17) is 0 Å². The van der Waals surface area contributed by atoms with Crippen molar-refractivity contribution in [1.29, 1.82) is 0 Å². The van der Waals surface area contributed by atoms with E-state index in [1.165, 1.54) is 16.0 Å². The van der Waals surface area contributed by atoms with Crippen LogP contribution in [0.1, 0.15) is 23.5 Å². The normalized spacial score (nSPS) is 24.3. The van der Waals surface area contributed by atoms with Gasteiger partial charge in [-0.05, 0) is 30.4 Å². The molecule has 6 nitrogen and oxygen atoms in total. The van der Waals surface area contributed by atoms with Gasteiger partial charge in [-0.15, -0.1) is 0 Å². The van der Waals surface area contributed by atoms with Gasteiger partial charge in [0, 0.05) is 23.5 Å². The number of rotatable bonds is 2. The molecule has 0 aliphatic carbocycles. The van der Waals surface area contributed by atoms with E-state index in [0.29, 0.717) is 12.2 Å². The Hall–Kier alpha value is -3.25. The van der Waals surface area contributed by atoms with Crippen LogP contribution in [0.5, 0.6) is 0 Å². The third kappa shape index (κ3) is 2.96. The highest BCUT2D eigenvalue weighted by Gasteiger charge is 2.45. The Morgan fingerprint density at radius 3 is 2.69 bits per heavy atom. The largest absolute Gasteiger partial charge is 0.332 e. The van der Waals surface area contributed by atoms with E-state index in [0.717, 1.165) is 17.2 Å². The number of pyridine rings is 1. The van der Waals surface area contributed by atoms with Crippen LogP contribution in [0, 0.1) is 6.92 Å². The molecule has 0 spiro atoms. The van der Waals surface area contributed by atoms with E-state index in [9.17, 15) is 9.59 Å². The number of benzene rings is 2. The van der Waals surface area contributed by atoms with E-state index in [1.54, 1.807) is 12.4 Å². The Bertz CT molecular complexity index is 1110. The van der Waals surface area contributed by atoms with Gasteiger partial charge < -0.3 is 10.6 Å². The smallest absolute Gasteiger partial charge is 0.329 e. The van der Waals surface area contributed by atoms with Crippen LogP contribution in [0.25, 0.3) is 10.8 Å². The Labute approximate surface area is 168 Å². The maximum Gasteiger partial charge on any atom is 0.329 e. The molecule has 5 rings (SSSR count). The number of piperidine rings is 1. The third-order valence-electron chi connectivity index (χ3n) is 6.04. The number of carbonyl (C=O) groups excluding carboxylic acids is 2. The SMILES string of the molecule is Cc1ccccc1C1CNC2C(=O)N(c3cncc4ccccc34)C(=O)NC2C1. The van der Waals surface area contributed by atoms with Gasteiger partial charge in [0.05, 0.1) is 17.9 Å². The minimum Gasteiger partial charge on any atom is -0.332 e. The molecule has 146 valence electrons. The fraction of sp³-hybridized carbons (Fsp3) is 0.261. The number of hydrogen-bond donors (Lipinski definition) is 2. The van der Waals surface area contributed by atoms with Crippen LogP contribution >= 0.6 is 0 Å². The van der Waals surface area contributed by atoms with E-state index in [2.05, 4.69) is 34.7 Å². The third-order valence-corrected chi connectivity index (χ3v) is 6.04. The van der Waals surface area contributed by atoms with Crippen LogP contribution in [-0.2, 0) is 4.79 Å². The van der Waals surface area contributed by atoms with E-state index >= 15 is 0 Å². The topological polar surface area (TPSA) is 74.3 Å². The second-order valence-corrected chi connectivity index (χ2v) is 7.78. The Morgan fingerprint density at radius 2 is 1.83 bits per heavy atom. The predicted molar refractivity (Wildman–Crippen MR) is 112 cm³/mol. The summed E-state index contributed by atoms with van der Waals surface area (Å²) in [6.07, 6.45) is 4.06. The summed E-state index contributed by atoms with van der Waals surface area (Å²) < 4.78 is 0. The minimum absolute atomic E-state index is 0.222. The molecule has 3 atom stereocenters. The number of imide groups is 1. The van der Waals surface area contributed by atoms with Gasteiger partial charge >= 0.3 is 6.03 Å². The molecule has 3 unspecified atom stereocenters. The maximum atomic E-state index is 13.3. The molecule has 3 amide bonds. The summed E-state index contributed by atoms with van der Waals surface area (Å²) in [5.74, 6) is 0.0384. The van der Waals surface area contributed by atoms with Crippen molar-refractivity contribution in [2.75, 3.05) is 11.4 Å². The van der Waals surface area contributed by atoms with Crippen LogP contribution in [-0.4, -0.2) is 35.6 Å². The molecular weight excluding hydrogens is 364 g/mol. The summed E-state index contributed by atoms with van der Waals surface area (Å²) >= 11 is 0. The molecular formula is C23H22N4O2. The standard InChI is InChI=1S/C23H22N4O2/c1-14-6-2-4-8-17(14)16-10-19-21(25-12-16)22(28)27(23(29)26-19)20-13-24-11-15-7-3-5-9-18(15)20/h2-9,11,13,16,19,21,25H,10,12H2,1H3,(H,26,29).